The largest absolute Gasteiger partial charge is 0.357 e. The summed E-state index contributed by atoms with van der Waals surface area (Å²) in [4.78, 5) is 8.72. The van der Waals surface area contributed by atoms with E-state index in [1.54, 1.807) is 0 Å². The van der Waals surface area contributed by atoms with Crippen LogP contribution in [-0.2, 0) is 6.42 Å². The molecule has 0 saturated carbocycles. The fourth-order valence-electron chi connectivity index (χ4n) is 2.84. The lowest BCUT2D eigenvalue weighted by molar-refractivity contribution is 0.167. The van der Waals surface area contributed by atoms with Crippen LogP contribution in [0.25, 0.3) is 0 Å². The number of guanidine groups is 1. The van der Waals surface area contributed by atoms with Crippen LogP contribution in [0.2, 0.25) is 0 Å². The molecule has 0 aliphatic carbocycles. The third-order valence-corrected chi connectivity index (χ3v) is 6.16. The van der Waals surface area contributed by atoms with Crippen molar-refractivity contribution < 1.29 is 0 Å². The molecule has 2 N–H and O–H groups in total. The summed E-state index contributed by atoms with van der Waals surface area (Å²) < 4.78 is 1.35. The number of hydrogen-bond donors (Lipinski definition) is 2. The minimum atomic E-state index is 0. The Bertz CT molecular complexity index is 497. The average molecular weight is 576 g/mol. The van der Waals surface area contributed by atoms with Crippen LogP contribution in [0.5, 0.6) is 0 Å². The van der Waals surface area contributed by atoms with Crippen molar-refractivity contribution in [2.75, 3.05) is 26.2 Å². The highest BCUT2D eigenvalue weighted by atomic mass is 127. The maximum atomic E-state index is 4.75. The van der Waals surface area contributed by atoms with E-state index in [1.165, 1.54) is 33.7 Å². The lowest BCUT2D eigenvalue weighted by atomic mass is 10.0. The Morgan fingerprint density at radius 3 is 2.62 bits per heavy atom. The summed E-state index contributed by atoms with van der Waals surface area (Å²) in [7, 11) is 0. The van der Waals surface area contributed by atoms with Crippen molar-refractivity contribution in [2.45, 2.75) is 52.1 Å². The second kappa shape index (κ2) is 11.9. The molecular formula is C17H30I2N4S. The van der Waals surface area contributed by atoms with Gasteiger partial charge in [0, 0.05) is 49.6 Å². The fourth-order valence-corrected chi connectivity index (χ4v) is 4.58. The van der Waals surface area contributed by atoms with E-state index in [2.05, 4.69) is 71.0 Å². The summed E-state index contributed by atoms with van der Waals surface area (Å²) in [6, 6.07) is 5.59. The molecule has 0 aromatic carbocycles. The van der Waals surface area contributed by atoms with Crippen molar-refractivity contribution in [3.05, 3.63) is 19.9 Å². The quantitative estimate of drug-likeness (QED) is 0.307. The first kappa shape index (κ1) is 22.4. The van der Waals surface area contributed by atoms with Crippen molar-refractivity contribution >= 4 is 63.9 Å². The Morgan fingerprint density at radius 1 is 1.38 bits per heavy atom. The zero-order valence-electron chi connectivity index (χ0n) is 14.8. The monoisotopic (exact) mass is 576 g/mol. The number of halogens is 2. The highest BCUT2D eigenvalue weighted by Gasteiger charge is 2.21. The van der Waals surface area contributed by atoms with E-state index < -0.39 is 0 Å². The molecule has 0 bridgehead atoms. The number of piperidine rings is 1. The van der Waals surface area contributed by atoms with Gasteiger partial charge in [-0.1, -0.05) is 0 Å². The molecule has 0 amide bonds. The van der Waals surface area contributed by atoms with E-state index in [-0.39, 0.29) is 24.0 Å². The molecule has 1 aliphatic heterocycles. The van der Waals surface area contributed by atoms with Gasteiger partial charge in [-0.15, -0.1) is 35.3 Å². The molecule has 1 aliphatic rings. The van der Waals surface area contributed by atoms with Crippen LogP contribution in [0.3, 0.4) is 0 Å². The fraction of sp³-hybridized carbons (Fsp3) is 0.706. The number of thiophene rings is 1. The van der Waals surface area contributed by atoms with Crippen LogP contribution in [0.15, 0.2) is 17.1 Å². The van der Waals surface area contributed by atoms with Gasteiger partial charge in [-0.3, -0.25) is 4.99 Å². The number of nitrogens with one attached hydrogen (secondary N) is 2. The van der Waals surface area contributed by atoms with E-state index in [9.17, 15) is 0 Å². The third-order valence-electron chi connectivity index (χ3n) is 4.20. The van der Waals surface area contributed by atoms with Crippen LogP contribution in [0.4, 0.5) is 0 Å². The average Bonchev–Trinajstić information content (AvgIpc) is 2.93. The topological polar surface area (TPSA) is 39.7 Å². The van der Waals surface area contributed by atoms with Crippen molar-refractivity contribution in [3.8, 4) is 0 Å². The standard InChI is InChI=1S/C17H29IN4S.HI/c1-4-19-17(20-10-7-15-5-6-16(18)23-15)21-14-8-11-22(12-9-14)13(2)3;/h5-6,13-14H,4,7-12H2,1-3H3,(H2,19,20,21);1H. The van der Waals surface area contributed by atoms with Crippen molar-refractivity contribution in [1.29, 1.82) is 0 Å². The zero-order chi connectivity index (χ0) is 16.7. The van der Waals surface area contributed by atoms with E-state index >= 15 is 0 Å². The molecule has 24 heavy (non-hydrogen) atoms. The summed E-state index contributed by atoms with van der Waals surface area (Å²) in [5, 5.41) is 7.00. The van der Waals surface area contributed by atoms with Crippen LogP contribution in [-0.4, -0.2) is 49.1 Å². The smallest absolute Gasteiger partial charge is 0.191 e. The van der Waals surface area contributed by atoms with Crippen LogP contribution in [0.1, 0.15) is 38.5 Å². The Morgan fingerprint density at radius 2 is 2.08 bits per heavy atom. The first-order chi connectivity index (χ1) is 11.1. The molecule has 1 aromatic rings. The van der Waals surface area contributed by atoms with Gasteiger partial charge < -0.3 is 15.5 Å². The molecule has 0 atom stereocenters. The van der Waals surface area contributed by atoms with Gasteiger partial charge in [-0.2, -0.15) is 0 Å². The second-order valence-electron chi connectivity index (χ2n) is 6.26. The van der Waals surface area contributed by atoms with Crippen molar-refractivity contribution in [3.63, 3.8) is 0 Å². The molecule has 2 heterocycles. The number of rotatable bonds is 6. The maximum Gasteiger partial charge on any atom is 0.191 e. The summed E-state index contributed by atoms with van der Waals surface area (Å²) in [5.41, 5.74) is 0. The number of likely N-dealkylation sites (tertiary alicyclic amines) is 1. The molecule has 7 heteroatoms. The summed E-state index contributed by atoms with van der Waals surface area (Å²) in [5.74, 6) is 0.974. The number of aliphatic imine (C=N–C) groups is 1. The molecule has 2 rings (SSSR count). The van der Waals surface area contributed by atoms with Crippen LogP contribution in [0, 0.1) is 2.88 Å². The summed E-state index contributed by atoms with van der Waals surface area (Å²) in [6.45, 7) is 10.8. The van der Waals surface area contributed by atoms with Gasteiger partial charge in [-0.25, -0.2) is 0 Å². The van der Waals surface area contributed by atoms with Gasteiger partial charge in [-0.05, 0) is 68.3 Å². The molecule has 1 fully saturated rings. The highest BCUT2D eigenvalue weighted by Crippen LogP contribution is 2.18. The van der Waals surface area contributed by atoms with Crippen LogP contribution < -0.4 is 10.6 Å². The van der Waals surface area contributed by atoms with Gasteiger partial charge in [0.05, 0.1) is 2.88 Å². The summed E-state index contributed by atoms with van der Waals surface area (Å²) in [6.07, 6.45) is 3.42. The molecule has 138 valence electrons. The van der Waals surface area contributed by atoms with E-state index in [0.29, 0.717) is 12.1 Å². The van der Waals surface area contributed by atoms with Crippen molar-refractivity contribution in [2.24, 2.45) is 4.99 Å². The van der Waals surface area contributed by atoms with Crippen LogP contribution >= 0.6 is 57.9 Å². The Labute approximate surface area is 181 Å². The molecule has 0 spiro atoms. The highest BCUT2D eigenvalue weighted by molar-refractivity contribution is 14.1. The molecule has 1 aromatic heterocycles. The van der Waals surface area contributed by atoms with Gasteiger partial charge in [0.2, 0.25) is 0 Å². The Hall–Kier alpha value is 0.390. The normalized spacial score (nSPS) is 17.0. The predicted molar refractivity (Wildman–Crippen MR) is 125 cm³/mol. The first-order valence-corrected chi connectivity index (χ1v) is 10.5. The number of hydrogen-bond acceptors (Lipinski definition) is 3. The molecule has 4 nitrogen and oxygen atoms in total. The molecule has 0 unspecified atom stereocenters. The third kappa shape index (κ3) is 7.74. The lowest BCUT2D eigenvalue weighted by Gasteiger charge is -2.35. The SMILES string of the molecule is CCNC(=NCCc1ccc(I)s1)NC1CCN(C(C)C)CC1.I. The van der Waals surface area contributed by atoms with Gasteiger partial charge in [0.15, 0.2) is 5.96 Å². The predicted octanol–water partition coefficient (Wildman–Crippen LogP) is 3.94. The van der Waals surface area contributed by atoms with Gasteiger partial charge in [0.1, 0.15) is 0 Å². The molecular weight excluding hydrogens is 546 g/mol. The molecule has 0 radical (unpaired) electrons. The lowest BCUT2D eigenvalue weighted by Crippen LogP contribution is -2.49. The maximum absolute atomic E-state index is 4.75. The Balaban J connectivity index is 0.00000288. The number of nitrogens with zero attached hydrogens (tertiary/aromatic N) is 2. The summed E-state index contributed by atoms with van der Waals surface area (Å²) >= 11 is 4.24. The van der Waals surface area contributed by atoms with E-state index in [0.717, 1.165) is 25.5 Å². The van der Waals surface area contributed by atoms with E-state index in [4.69, 9.17) is 4.99 Å². The first-order valence-electron chi connectivity index (χ1n) is 8.61. The second-order valence-corrected chi connectivity index (χ2v) is 9.33. The zero-order valence-corrected chi connectivity index (χ0v) is 20.2. The van der Waals surface area contributed by atoms with Gasteiger partial charge >= 0.3 is 0 Å². The minimum Gasteiger partial charge on any atom is -0.357 e. The minimum absolute atomic E-state index is 0. The van der Waals surface area contributed by atoms with Gasteiger partial charge in [0.25, 0.3) is 0 Å². The van der Waals surface area contributed by atoms with E-state index in [1.807, 2.05) is 11.3 Å². The molecule has 1 saturated heterocycles. The Kier molecular flexibility index (Phi) is 11.1. The van der Waals surface area contributed by atoms with Crippen molar-refractivity contribution in [1.82, 2.24) is 15.5 Å².